The molecular weight excluding hydrogens is 152 g/mol. The third-order valence-corrected chi connectivity index (χ3v) is 2.58. The molecule has 4 nitrogen and oxygen atoms in total. The molecule has 0 aromatic heterocycles. The standard InChI is InChI=1S/C5H14N2O2S/c1-3-7(5-4-6)10(2,8)9/h3-6H2,1-2H3. The molecule has 2 N–H and O–H groups in total. The highest BCUT2D eigenvalue weighted by Crippen LogP contribution is 1.93. The molecule has 0 aromatic rings. The van der Waals surface area contributed by atoms with E-state index in [2.05, 4.69) is 0 Å². The first-order valence-corrected chi connectivity index (χ1v) is 5.02. The summed E-state index contributed by atoms with van der Waals surface area (Å²) in [6.07, 6.45) is 1.19. The van der Waals surface area contributed by atoms with E-state index < -0.39 is 10.0 Å². The third kappa shape index (κ3) is 3.14. The van der Waals surface area contributed by atoms with Crippen LogP contribution in [0.4, 0.5) is 0 Å². The molecule has 0 radical (unpaired) electrons. The summed E-state index contributed by atoms with van der Waals surface area (Å²) in [5, 5.41) is 0. The van der Waals surface area contributed by atoms with Crippen molar-refractivity contribution in [1.82, 2.24) is 4.31 Å². The van der Waals surface area contributed by atoms with Crippen molar-refractivity contribution < 1.29 is 8.42 Å². The number of rotatable bonds is 4. The van der Waals surface area contributed by atoms with Gasteiger partial charge in [0.15, 0.2) is 0 Å². The molecule has 0 heterocycles. The lowest BCUT2D eigenvalue weighted by atomic mass is 10.6. The topological polar surface area (TPSA) is 63.4 Å². The minimum Gasteiger partial charge on any atom is -0.329 e. The smallest absolute Gasteiger partial charge is 0.211 e. The lowest BCUT2D eigenvalue weighted by molar-refractivity contribution is 0.440. The van der Waals surface area contributed by atoms with E-state index in [0.29, 0.717) is 19.6 Å². The fraction of sp³-hybridized carbons (Fsp3) is 1.00. The first-order chi connectivity index (χ1) is 4.52. The lowest BCUT2D eigenvalue weighted by Crippen LogP contribution is -2.34. The van der Waals surface area contributed by atoms with Crippen LogP contribution >= 0.6 is 0 Å². The highest BCUT2D eigenvalue weighted by Gasteiger charge is 2.11. The molecule has 0 spiro atoms. The molecular formula is C5H14N2O2S. The highest BCUT2D eigenvalue weighted by molar-refractivity contribution is 7.88. The normalized spacial score (nSPS) is 12.4. The summed E-state index contributed by atoms with van der Waals surface area (Å²) >= 11 is 0. The van der Waals surface area contributed by atoms with Gasteiger partial charge in [0.2, 0.25) is 10.0 Å². The monoisotopic (exact) mass is 166 g/mol. The zero-order chi connectivity index (χ0) is 8.20. The van der Waals surface area contributed by atoms with E-state index in [0.717, 1.165) is 0 Å². The Bertz CT molecular complexity index is 176. The molecule has 62 valence electrons. The van der Waals surface area contributed by atoms with Gasteiger partial charge in [-0.1, -0.05) is 6.92 Å². The predicted molar refractivity (Wildman–Crippen MR) is 41.1 cm³/mol. The Labute approximate surface area is 62.1 Å². The van der Waals surface area contributed by atoms with Crippen LogP contribution in [0.25, 0.3) is 0 Å². The molecule has 0 saturated carbocycles. The summed E-state index contributed by atoms with van der Waals surface area (Å²) in [5.41, 5.74) is 5.20. The Morgan fingerprint density at radius 1 is 1.50 bits per heavy atom. The summed E-state index contributed by atoms with van der Waals surface area (Å²) in [4.78, 5) is 0. The Kier molecular flexibility index (Phi) is 3.85. The summed E-state index contributed by atoms with van der Waals surface area (Å²) in [6.45, 7) is 3.07. The first-order valence-electron chi connectivity index (χ1n) is 3.17. The fourth-order valence-electron chi connectivity index (χ4n) is 0.702. The first kappa shape index (κ1) is 9.87. The molecule has 10 heavy (non-hydrogen) atoms. The SMILES string of the molecule is CCN(CCN)S(C)(=O)=O. The van der Waals surface area contributed by atoms with Crippen molar-refractivity contribution in [2.45, 2.75) is 6.92 Å². The second-order valence-corrected chi connectivity index (χ2v) is 4.03. The van der Waals surface area contributed by atoms with E-state index in [-0.39, 0.29) is 0 Å². The van der Waals surface area contributed by atoms with E-state index in [1.807, 2.05) is 0 Å². The molecule has 0 bridgehead atoms. The molecule has 0 atom stereocenters. The van der Waals surface area contributed by atoms with Crippen LogP contribution in [-0.4, -0.2) is 38.6 Å². The van der Waals surface area contributed by atoms with Crippen LogP contribution in [0.5, 0.6) is 0 Å². The van der Waals surface area contributed by atoms with Crippen molar-refractivity contribution in [1.29, 1.82) is 0 Å². The van der Waals surface area contributed by atoms with Gasteiger partial charge < -0.3 is 5.73 Å². The van der Waals surface area contributed by atoms with Gasteiger partial charge in [-0.2, -0.15) is 0 Å². The lowest BCUT2D eigenvalue weighted by Gasteiger charge is -2.15. The zero-order valence-electron chi connectivity index (χ0n) is 6.37. The Morgan fingerprint density at radius 2 is 2.00 bits per heavy atom. The van der Waals surface area contributed by atoms with E-state index >= 15 is 0 Å². The van der Waals surface area contributed by atoms with E-state index in [1.54, 1.807) is 6.92 Å². The van der Waals surface area contributed by atoms with Crippen LogP contribution in [0.2, 0.25) is 0 Å². The van der Waals surface area contributed by atoms with Crippen LogP contribution in [0, 0.1) is 0 Å². The minimum absolute atomic E-state index is 0.376. The van der Waals surface area contributed by atoms with Gasteiger partial charge in [0.05, 0.1) is 6.26 Å². The van der Waals surface area contributed by atoms with Crippen molar-refractivity contribution in [3.05, 3.63) is 0 Å². The Morgan fingerprint density at radius 3 is 2.10 bits per heavy atom. The Hall–Kier alpha value is -0.130. The van der Waals surface area contributed by atoms with Crippen molar-refractivity contribution in [2.75, 3.05) is 25.9 Å². The quantitative estimate of drug-likeness (QED) is 0.596. The maximum atomic E-state index is 10.8. The average molecular weight is 166 g/mol. The van der Waals surface area contributed by atoms with E-state index in [9.17, 15) is 8.42 Å². The third-order valence-electron chi connectivity index (χ3n) is 1.20. The van der Waals surface area contributed by atoms with Gasteiger partial charge in [-0.25, -0.2) is 12.7 Å². The van der Waals surface area contributed by atoms with Crippen LogP contribution in [-0.2, 0) is 10.0 Å². The summed E-state index contributed by atoms with van der Waals surface area (Å²) < 4.78 is 23.0. The maximum absolute atomic E-state index is 10.8. The van der Waals surface area contributed by atoms with Gasteiger partial charge in [0.25, 0.3) is 0 Å². The molecule has 0 aliphatic carbocycles. The van der Waals surface area contributed by atoms with Gasteiger partial charge in [-0.05, 0) is 0 Å². The molecule has 0 amide bonds. The molecule has 0 aromatic carbocycles. The maximum Gasteiger partial charge on any atom is 0.211 e. The van der Waals surface area contributed by atoms with Crippen LogP contribution < -0.4 is 5.73 Å². The van der Waals surface area contributed by atoms with Crippen molar-refractivity contribution in [3.63, 3.8) is 0 Å². The zero-order valence-corrected chi connectivity index (χ0v) is 7.19. The number of nitrogens with two attached hydrogens (primary N) is 1. The van der Waals surface area contributed by atoms with Crippen molar-refractivity contribution >= 4 is 10.0 Å². The molecule has 0 fully saturated rings. The van der Waals surface area contributed by atoms with Gasteiger partial charge >= 0.3 is 0 Å². The summed E-state index contributed by atoms with van der Waals surface area (Å²) in [5.74, 6) is 0. The van der Waals surface area contributed by atoms with Crippen molar-refractivity contribution in [3.8, 4) is 0 Å². The number of nitrogens with zero attached hydrogens (tertiary/aromatic N) is 1. The van der Waals surface area contributed by atoms with Crippen LogP contribution in [0.1, 0.15) is 6.92 Å². The molecule has 0 rings (SSSR count). The number of likely N-dealkylation sites (N-methyl/N-ethyl adjacent to an activating group) is 1. The minimum atomic E-state index is -3.02. The van der Waals surface area contributed by atoms with Crippen LogP contribution in [0.15, 0.2) is 0 Å². The summed E-state index contributed by atoms with van der Waals surface area (Å²) in [7, 11) is -3.02. The highest BCUT2D eigenvalue weighted by atomic mass is 32.2. The molecule has 0 saturated heterocycles. The van der Waals surface area contributed by atoms with Crippen LogP contribution in [0.3, 0.4) is 0 Å². The van der Waals surface area contributed by atoms with Gasteiger partial charge in [0, 0.05) is 19.6 Å². The number of hydrogen-bond acceptors (Lipinski definition) is 3. The van der Waals surface area contributed by atoms with E-state index in [1.165, 1.54) is 10.6 Å². The van der Waals surface area contributed by atoms with E-state index in [4.69, 9.17) is 5.73 Å². The van der Waals surface area contributed by atoms with Gasteiger partial charge in [-0.15, -0.1) is 0 Å². The molecule has 0 aliphatic rings. The molecule has 5 heteroatoms. The number of sulfonamides is 1. The second-order valence-electron chi connectivity index (χ2n) is 2.04. The average Bonchev–Trinajstić information content (AvgIpc) is 1.80. The fourth-order valence-corrected chi connectivity index (χ4v) is 1.61. The van der Waals surface area contributed by atoms with Gasteiger partial charge in [0.1, 0.15) is 0 Å². The predicted octanol–water partition coefficient (Wildman–Crippen LogP) is -0.773. The van der Waals surface area contributed by atoms with Crippen molar-refractivity contribution in [2.24, 2.45) is 5.73 Å². The number of hydrogen-bond donors (Lipinski definition) is 1. The van der Waals surface area contributed by atoms with Gasteiger partial charge in [-0.3, -0.25) is 0 Å². The Balaban J connectivity index is 4.08. The largest absolute Gasteiger partial charge is 0.329 e. The second kappa shape index (κ2) is 3.90. The molecule has 0 aliphatic heterocycles. The summed E-state index contributed by atoms with van der Waals surface area (Å²) in [6, 6.07) is 0. The molecule has 0 unspecified atom stereocenters.